The summed E-state index contributed by atoms with van der Waals surface area (Å²) in [7, 11) is 0. The van der Waals surface area contributed by atoms with Gasteiger partial charge in [0.1, 0.15) is 6.04 Å². The van der Waals surface area contributed by atoms with Gasteiger partial charge in [0.15, 0.2) is 6.29 Å². The molecule has 1 saturated heterocycles. The highest BCUT2D eigenvalue weighted by Gasteiger charge is 2.30. The van der Waals surface area contributed by atoms with Crippen LogP contribution >= 0.6 is 0 Å². The third kappa shape index (κ3) is 15.4. The van der Waals surface area contributed by atoms with E-state index < -0.39 is 18.4 Å². The average Bonchev–Trinajstić information content (AvgIpc) is 3.17. The molecule has 0 aromatic heterocycles. The fraction of sp³-hybridized carbons (Fsp3) is 0.926. The summed E-state index contributed by atoms with van der Waals surface area (Å²) in [5, 5.41) is 15.5. The molecule has 1 aliphatic heterocycles. The Morgan fingerprint density at radius 3 is 1.85 bits per heavy atom. The monoisotopic (exact) mass is 468 g/mol. The highest BCUT2D eigenvalue weighted by molar-refractivity contribution is 5.87. The largest absolute Gasteiger partial charge is 0.366 e. The van der Waals surface area contributed by atoms with E-state index in [0.29, 0.717) is 25.9 Å². The molecular weight excluding hydrogens is 416 g/mol. The van der Waals surface area contributed by atoms with Gasteiger partial charge in [-0.1, -0.05) is 104 Å². The second-order valence-corrected chi connectivity index (χ2v) is 10.3. The molecule has 0 radical (unpaired) electrons. The van der Waals surface area contributed by atoms with E-state index in [1.807, 2.05) is 13.8 Å². The maximum absolute atomic E-state index is 12.6. The van der Waals surface area contributed by atoms with Crippen molar-refractivity contribution in [3.05, 3.63) is 0 Å². The SMILES string of the molecule is CCCCCCCCCCCCCCCCC(=O)NC(CC(C)C)C(=O)NC1CCOC1O. The van der Waals surface area contributed by atoms with Gasteiger partial charge in [0.2, 0.25) is 11.8 Å². The summed E-state index contributed by atoms with van der Waals surface area (Å²) < 4.78 is 5.10. The normalized spacial score (nSPS) is 19.1. The van der Waals surface area contributed by atoms with Crippen LogP contribution in [0.2, 0.25) is 0 Å². The molecule has 1 fully saturated rings. The highest BCUT2D eigenvalue weighted by atomic mass is 16.6. The number of nitrogens with one attached hydrogen (secondary N) is 2. The van der Waals surface area contributed by atoms with Gasteiger partial charge in [-0.15, -0.1) is 0 Å². The van der Waals surface area contributed by atoms with Crippen LogP contribution in [0, 0.1) is 5.92 Å². The van der Waals surface area contributed by atoms with Gasteiger partial charge in [0, 0.05) is 6.42 Å². The van der Waals surface area contributed by atoms with E-state index >= 15 is 0 Å². The minimum absolute atomic E-state index is 0.0574. The molecule has 3 N–H and O–H groups in total. The number of hydrogen-bond acceptors (Lipinski definition) is 4. The number of aliphatic hydroxyl groups is 1. The Hall–Kier alpha value is -1.14. The van der Waals surface area contributed by atoms with E-state index in [1.54, 1.807) is 0 Å². The molecule has 0 spiro atoms. The third-order valence-electron chi connectivity index (χ3n) is 6.51. The number of rotatable bonds is 20. The van der Waals surface area contributed by atoms with Gasteiger partial charge in [-0.05, 0) is 25.2 Å². The van der Waals surface area contributed by atoms with Crippen LogP contribution in [0.1, 0.15) is 130 Å². The maximum Gasteiger partial charge on any atom is 0.242 e. The number of amides is 2. The van der Waals surface area contributed by atoms with Crippen LogP contribution in [-0.2, 0) is 14.3 Å². The predicted octanol–water partition coefficient (Wildman–Crippen LogP) is 5.61. The molecule has 33 heavy (non-hydrogen) atoms. The van der Waals surface area contributed by atoms with Crippen molar-refractivity contribution in [2.24, 2.45) is 5.92 Å². The zero-order valence-electron chi connectivity index (χ0n) is 21.7. The Balaban J connectivity index is 2.07. The fourth-order valence-corrected chi connectivity index (χ4v) is 4.45. The standard InChI is InChI=1S/C27H52N2O4/c1-4-5-6-7-8-9-10-11-12-13-14-15-16-17-18-25(30)28-24(21-22(2)3)26(31)29-23-19-20-33-27(23)32/h22-24,27,32H,4-21H2,1-3H3,(H,28,30)(H,29,31). The Bertz CT molecular complexity index is 512. The Kier molecular flexibility index (Phi) is 17.4. The van der Waals surface area contributed by atoms with Crippen molar-refractivity contribution in [2.45, 2.75) is 148 Å². The summed E-state index contributed by atoms with van der Waals surface area (Å²) in [5.41, 5.74) is 0. The summed E-state index contributed by atoms with van der Waals surface area (Å²) >= 11 is 0. The number of ether oxygens (including phenoxy) is 1. The number of unbranched alkanes of at least 4 members (excludes halogenated alkanes) is 13. The molecule has 3 atom stereocenters. The first kappa shape index (κ1) is 29.9. The molecule has 194 valence electrons. The van der Waals surface area contributed by atoms with Crippen LogP contribution < -0.4 is 10.6 Å². The first-order chi connectivity index (χ1) is 15.9. The van der Waals surface area contributed by atoms with Crippen LogP contribution in [0.5, 0.6) is 0 Å². The number of aliphatic hydroxyl groups excluding tert-OH is 1. The second-order valence-electron chi connectivity index (χ2n) is 10.3. The first-order valence-corrected chi connectivity index (χ1v) is 13.8. The number of carbonyl (C=O) groups is 2. The van der Waals surface area contributed by atoms with E-state index in [0.717, 1.165) is 12.8 Å². The zero-order chi connectivity index (χ0) is 24.3. The minimum atomic E-state index is -0.958. The van der Waals surface area contributed by atoms with Crippen LogP contribution in [-0.4, -0.2) is 41.9 Å². The van der Waals surface area contributed by atoms with Gasteiger partial charge < -0.3 is 20.5 Å². The molecule has 0 saturated carbocycles. The van der Waals surface area contributed by atoms with Gasteiger partial charge in [0.05, 0.1) is 12.6 Å². The van der Waals surface area contributed by atoms with Crippen molar-refractivity contribution in [1.29, 1.82) is 0 Å². The van der Waals surface area contributed by atoms with Crippen LogP contribution in [0.4, 0.5) is 0 Å². The summed E-state index contributed by atoms with van der Waals surface area (Å²) in [5.74, 6) is -0.00243. The molecule has 2 amide bonds. The smallest absolute Gasteiger partial charge is 0.242 e. The van der Waals surface area contributed by atoms with Gasteiger partial charge in [-0.3, -0.25) is 9.59 Å². The molecule has 1 rings (SSSR count). The Labute approximate surface area is 203 Å². The van der Waals surface area contributed by atoms with E-state index in [-0.39, 0.29) is 17.7 Å². The Morgan fingerprint density at radius 1 is 0.879 bits per heavy atom. The lowest BCUT2D eigenvalue weighted by Gasteiger charge is -2.23. The van der Waals surface area contributed by atoms with Crippen LogP contribution in [0.25, 0.3) is 0 Å². The van der Waals surface area contributed by atoms with Crippen molar-refractivity contribution < 1.29 is 19.4 Å². The van der Waals surface area contributed by atoms with Crippen molar-refractivity contribution in [3.63, 3.8) is 0 Å². The van der Waals surface area contributed by atoms with Crippen molar-refractivity contribution in [2.75, 3.05) is 6.61 Å². The van der Waals surface area contributed by atoms with Gasteiger partial charge in [0.25, 0.3) is 0 Å². The average molecular weight is 469 g/mol. The van der Waals surface area contributed by atoms with E-state index in [2.05, 4.69) is 17.6 Å². The quantitative estimate of drug-likeness (QED) is 0.203. The third-order valence-corrected chi connectivity index (χ3v) is 6.51. The van der Waals surface area contributed by atoms with Crippen molar-refractivity contribution >= 4 is 11.8 Å². The topological polar surface area (TPSA) is 87.7 Å². The van der Waals surface area contributed by atoms with E-state index in [9.17, 15) is 14.7 Å². The molecule has 3 unspecified atom stereocenters. The lowest BCUT2D eigenvalue weighted by molar-refractivity contribution is -0.131. The molecule has 6 nitrogen and oxygen atoms in total. The fourth-order valence-electron chi connectivity index (χ4n) is 4.45. The number of hydrogen-bond donors (Lipinski definition) is 3. The second kappa shape index (κ2) is 19.2. The minimum Gasteiger partial charge on any atom is -0.366 e. The molecule has 0 aromatic rings. The summed E-state index contributed by atoms with van der Waals surface area (Å²) in [6.07, 6.45) is 18.7. The maximum atomic E-state index is 12.6. The lowest BCUT2D eigenvalue weighted by Crippen LogP contribution is -2.51. The molecule has 1 aliphatic rings. The molecule has 0 aliphatic carbocycles. The molecule has 1 heterocycles. The van der Waals surface area contributed by atoms with E-state index in [1.165, 1.54) is 77.0 Å². The van der Waals surface area contributed by atoms with Gasteiger partial charge in [-0.25, -0.2) is 0 Å². The summed E-state index contributed by atoms with van der Waals surface area (Å²) in [6, 6.07) is -0.952. The highest BCUT2D eigenvalue weighted by Crippen LogP contribution is 2.14. The van der Waals surface area contributed by atoms with Crippen molar-refractivity contribution in [3.8, 4) is 0 Å². The predicted molar refractivity (Wildman–Crippen MR) is 135 cm³/mol. The summed E-state index contributed by atoms with van der Waals surface area (Å²) in [6.45, 7) is 6.77. The number of carbonyl (C=O) groups excluding carboxylic acids is 2. The van der Waals surface area contributed by atoms with Crippen LogP contribution in [0.3, 0.4) is 0 Å². The van der Waals surface area contributed by atoms with Gasteiger partial charge in [-0.2, -0.15) is 0 Å². The summed E-state index contributed by atoms with van der Waals surface area (Å²) in [4.78, 5) is 25.0. The Morgan fingerprint density at radius 2 is 1.39 bits per heavy atom. The molecule has 0 bridgehead atoms. The van der Waals surface area contributed by atoms with Crippen LogP contribution in [0.15, 0.2) is 0 Å². The molecular formula is C27H52N2O4. The zero-order valence-corrected chi connectivity index (χ0v) is 21.7. The van der Waals surface area contributed by atoms with E-state index in [4.69, 9.17) is 4.74 Å². The lowest BCUT2D eigenvalue weighted by atomic mass is 10.0. The molecule has 6 heteroatoms. The first-order valence-electron chi connectivity index (χ1n) is 13.8. The van der Waals surface area contributed by atoms with Crippen molar-refractivity contribution in [1.82, 2.24) is 10.6 Å². The van der Waals surface area contributed by atoms with Gasteiger partial charge >= 0.3 is 0 Å². The molecule has 0 aromatic carbocycles.